The molecule has 10 nitrogen and oxygen atoms in total. The topological polar surface area (TPSA) is 117 Å². The first-order valence-corrected chi connectivity index (χ1v) is 12.1. The van der Waals surface area contributed by atoms with Crippen molar-refractivity contribution in [3.63, 3.8) is 0 Å². The summed E-state index contributed by atoms with van der Waals surface area (Å²) in [6.45, 7) is 7.55. The summed E-state index contributed by atoms with van der Waals surface area (Å²) in [6.07, 6.45) is 1.33. The lowest BCUT2D eigenvalue weighted by atomic mass is 10.2. The molecule has 190 valence electrons. The van der Waals surface area contributed by atoms with Crippen molar-refractivity contribution in [2.75, 3.05) is 30.6 Å². The number of nitrogens with zero attached hydrogens (tertiary/aromatic N) is 3. The number of anilines is 2. The van der Waals surface area contributed by atoms with E-state index in [1.54, 1.807) is 37.5 Å². The molecule has 0 saturated heterocycles. The molecule has 1 aromatic heterocycles. The number of ether oxygens (including phenoxy) is 3. The Hall–Kier alpha value is -3.99. The van der Waals surface area contributed by atoms with E-state index in [0.717, 1.165) is 0 Å². The fourth-order valence-electron chi connectivity index (χ4n) is 3.34. The standard InChI is InChI=1S/C25H29N5O5S/c1-6-12-30-24(16(2)35-20-9-7-8-19(14-20)33-4)28-29-25(30)36-15-23(32)27-18-10-11-22(34-5)21(13-18)26-17(3)31/h6-11,13-14,16H,1,12,15H2,2-5H3,(H,26,31)(H,27,32). The molecule has 0 bridgehead atoms. The van der Waals surface area contributed by atoms with E-state index in [9.17, 15) is 9.59 Å². The third-order valence-electron chi connectivity index (χ3n) is 4.90. The third kappa shape index (κ3) is 7.01. The second kappa shape index (κ2) is 12.6. The van der Waals surface area contributed by atoms with E-state index >= 15 is 0 Å². The molecule has 1 atom stereocenters. The van der Waals surface area contributed by atoms with Crippen LogP contribution in [0.3, 0.4) is 0 Å². The quantitative estimate of drug-likeness (QED) is 0.273. The van der Waals surface area contributed by atoms with Gasteiger partial charge in [-0.25, -0.2) is 0 Å². The summed E-state index contributed by atoms with van der Waals surface area (Å²) in [6, 6.07) is 12.3. The maximum atomic E-state index is 12.6. The van der Waals surface area contributed by atoms with Gasteiger partial charge in [-0.2, -0.15) is 0 Å². The first-order valence-electron chi connectivity index (χ1n) is 11.1. The molecule has 1 heterocycles. The summed E-state index contributed by atoms with van der Waals surface area (Å²) in [5.41, 5.74) is 0.995. The number of aromatic nitrogens is 3. The molecule has 0 radical (unpaired) electrons. The highest BCUT2D eigenvalue weighted by Crippen LogP contribution is 2.29. The normalized spacial score (nSPS) is 11.3. The first kappa shape index (κ1) is 26.6. The summed E-state index contributed by atoms with van der Waals surface area (Å²) in [4.78, 5) is 24.1. The highest BCUT2D eigenvalue weighted by molar-refractivity contribution is 7.99. The van der Waals surface area contributed by atoms with Crippen molar-refractivity contribution >= 4 is 35.0 Å². The van der Waals surface area contributed by atoms with E-state index in [2.05, 4.69) is 27.4 Å². The number of hydrogen-bond acceptors (Lipinski definition) is 8. The lowest BCUT2D eigenvalue weighted by molar-refractivity contribution is -0.114. The Kier molecular flexibility index (Phi) is 9.34. The van der Waals surface area contributed by atoms with Gasteiger partial charge in [-0.15, -0.1) is 16.8 Å². The van der Waals surface area contributed by atoms with Crippen molar-refractivity contribution in [3.05, 3.63) is 60.9 Å². The van der Waals surface area contributed by atoms with Crippen molar-refractivity contribution in [1.82, 2.24) is 14.8 Å². The Morgan fingerprint density at radius 2 is 1.89 bits per heavy atom. The number of nitrogens with one attached hydrogen (secondary N) is 2. The zero-order valence-corrected chi connectivity index (χ0v) is 21.4. The second-order valence-corrected chi connectivity index (χ2v) is 8.55. The molecule has 2 amide bonds. The van der Waals surface area contributed by atoms with Crippen LogP contribution in [0.4, 0.5) is 11.4 Å². The van der Waals surface area contributed by atoms with E-state index in [4.69, 9.17) is 14.2 Å². The molecule has 0 saturated carbocycles. The van der Waals surface area contributed by atoms with Gasteiger partial charge in [-0.05, 0) is 37.3 Å². The average molecular weight is 512 g/mol. The number of carbonyl (C=O) groups excluding carboxylic acids is 2. The molecular weight excluding hydrogens is 482 g/mol. The zero-order valence-electron chi connectivity index (χ0n) is 20.6. The van der Waals surface area contributed by atoms with E-state index in [1.165, 1.54) is 25.8 Å². The monoisotopic (exact) mass is 511 g/mol. The molecule has 3 rings (SSSR count). The van der Waals surface area contributed by atoms with Crippen molar-refractivity contribution in [1.29, 1.82) is 0 Å². The zero-order chi connectivity index (χ0) is 26.1. The Labute approximate surface area is 214 Å². The van der Waals surface area contributed by atoms with Gasteiger partial charge in [-0.3, -0.25) is 14.2 Å². The van der Waals surface area contributed by atoms with Gasteiger partial charge in [0.05, 0.1) is 25.7 Å². The highest BCUT2D eigenvalue weighted by Gasteiger charge is 2.20. The summed E-state index contributed by atoms with van der Waals surface area (Å²) in [5, 5.41) is 14.6. The van der Waals surface area contributed by atoms with E-state index < -0.39 is 6.10 Å². The van der Waals surface area contributed by atoms with Gasteiger partial charge >= 0.3 is 0 Å². The Bertz CT molecular complexity index is 1230. The SMILES string of the molecule is C=CCn1c(SCC(=O)Nc2ccc(OC)c(NC(C)=O)c2)nnc1C(C)Oc1cccc(OC)c1. The lowest BCUT2D eigenvalue weighted by Gasteiger charge is -2.16. The van der Waals surface area contributed by atoms with Crippen LogP contribution in [0.1, 0.15) is 25.8 Å². The lowest BCUT2D eigenvalue weighted by Crippen LogP contribution is -2.16. The number of allylic oxidation sites excluding steroid dienone is 1. The minimum absolute atomic E-state index is 0.0991. The van der Waals surface area contributed by atoms with Gasteiger partial charge in [0.2, 0.25) is 11.8 Å². The smallest absolute Gasteiger partial charge is 0.234 e. The maximum absolute atomic E-state index is 12.6. The summed E-state index contributed by atoms with van der Waals surface area (Å²) >= 11 is 1.25. The molecule has 0 aliphatic rings. The minimum Gasteiger partial charge on any atom is -0.497 e. The van der Waals surface area contributed by atoms with Crippen molar-refractivity contribution in [2.45, 2.75) is 31.7 Å². The van der Waals surface area contributed by atoms with Crippen LogP contribution in [0.2, 0.25) is 0 Å². The minimum atomic E-state index is -0.403. The van der Waals surface area contributed by atoms with Crippen molar-refractivity contribution in [3.8, 4) is 17.2 Å². The van der Waals surface area contributed by atoms with Crippen LogP contribution >= 0.6 is 11.8 Å². The van der Waals surface area contributed by atoms with Crippen LogP contribution in [-0.2, 0) is 16.1 Å². The van der Waals surface area contributed by atoms with Gasteiger partial charge in [0, 0.05) is 25.2 Å². The van der Waals surface area contributed by atoms with Crippen molar-refractivity contribution < 1.29 is 23.8 Å². The third-order valence-corrected chi connectivity index (χ3v) is 5.87. The Morgan fingerprint density at radius 3 is 2.58 bits per heavy atom. The molecule has 2 aromatic carbocycles. The van der Waals surface area contributed by atoms with E-state index in [0.29, 0.717) is 46.1 Å². The van der Waals surface area contributed by atoms with Gasteiger partial charge in [0.25, 0.3) is 0 Å². The van der Waals surface area contributed by atoms with Gasteiger partial charge < -0.3 is 24.8 Å². The molecule has 0 aliphatic heterocycles. The number of carbonyl (C=O) groups is 2. The number of benzene rings is 2. The average Bonchev–Trinajstić information content (AvgIpc) is 3.25. The number of methoxy groups -OCH3 is 2. The molecule has 0 fully saturated rings. The van der Waals surface area contributed by atoms with Gasteiger partial charge in [0.1, 0.15) is 17.2 Å². The Morgan fingerprint density at radius 1 is 1.11 bits per heavy atom. The largest absolute Gasteiger partial charge is 0.497 e. The van der Waals surface area contributed by atoms with Gasteiger partial charge in [-0.1, -0.05) is 23.9 Å². The molecule has 2 N–H and O–H groups in total. The van der Waals surface area contributed by atoms with Crippen LogP contribution in [0.25, 0.3) is 0 Å². The second-order valence-electron chi connectivity index (χ2n) is 7.61. The molecule has 0 aliphatic carbocycles. The fraction of sp³-hybridized carbons (Fsp3) is 0.280. The Balaban J connectivity index is 1.67. The summed E-state index contributed by atoms with van der Waals surface area (Å²) in [7, 11) is 3.10. The van der Waals surface area contributed by atoms with Crippen LogP contribution in [-0.4, -0.2) is 46.6 Å². The summed E-state index contributed by atoms with van der Waals surface area (Å²) < 4.78 is 18.4. The predicted molar refractivity (Wildman–Crippen MR) is 139 cm³/mol. The van der Waals surface area contributed by atoms with Gasteiger partial charge in [0.15, 0.2) is 17.1 Å². The number of rotatable bonds is 12. The number of thioether (sulfide) groups is 1. The number of hydrogen-bond donors (Lipinski definition) is 2. The predicted octanol–water partition coefficient (Wildman–Crippen LogP) is 4.31. The molecule has 11 heteroatoms. The summed E-state index contributed by atoms with van der Waals surface area (Å²) in [5.74, 6) is 2.05. The first-order chi connectivity index (χ1) is 17.3. The molecule has 0 spiro atoms. The van der Waals surface area contributed by atoms with Crippen LogP contribution in [0, 0.1) is 0 Å². The molecule has 36 heavy (non-hydrogen) atoms. The molecular formula is C25H29N5O5S. The van der Waals surface area contributed by atoms with Crippen LogP contribution < -0.4 is 24.8 Å². The molecule has 3 aromatic rings. The highest BCUT2D eigenvalue weighted by atomic mass is 32.2. The van der Waals surface area contributed by atoms with E-state index in [1.807, 2.05) is 29.7 Å². The van der Waals surface area contributed by atoms with Crippen LogP contribution in [0.5, 0.6) is 17.2 Å². The maximum Gasteiger partial charge on any atom is 0.234 e. The number of amides is 2. The fourth-order valence-corrected chi connectivity index (χ4v) is 4.09. The van der Waals surface area contributed by atoms with E-state index in [-0.39, 0.29) is 17.6 Å². The molecule has 1 unspecified atom stereocenters. The van der Waals surface area contributed by atoms with Crippen LogP contribution in [0.15, 0.2) is 60.3 Å². The van der Waals surface area contributed by atoms with Crippen molar-refractivity contribution in [2.24, 2.45) is 0 Å².